The van der Waals surface area contributed by atoms with E-state index in [1.807, 2.05) is 0 Å². The van der Waals surface area contributed by atoms with Crippen molar-refractivity contribution >= 4 is 11.3 Å². The molecule has 1 aromatic rings. The van der Waals surface area contributed by atoms with Crippen molar-refractivity contribution in [2.75, 3.05) is 6.54 Å². The van der Waals surface area contributed by atoms with Crippen LogP contribution in [-0.2, 0) is 12.8 Å². The Kier molecular flexibility index (Phi) is 5.39. The van der Waals surface area contributed by atoms with Crippen molar-refractivity contribution in [3.63, 3.8) is 0 Å². The fraction of sp³-hybridized carbons (Fsp3) is 0.789. The molecule has 3 atom stereocenters. The molecular weight excluding hydrogens is 274 g/mol. The highest BCUT2D eigenvalue weighted by atomic mass is 32.1. The van der Waals surface area contributed by atoms with E-state index in [-0.39, 0.29) is 0 Å². The Balaban J connectivity index is 1.60. The van der Waals surface area contributed by atoms with Crippen molar-refractivity contribution in [1.82, 2.24) is 5.32 Å². The van der Waals surface area contributed by atoms with Crippen molar-refractivity contribution < 1.29 is 0 Å². The fourth-order valence-electron chi connectivity index (χ4n) is 3.90. The Bertz CT molecular complexity index is 435. The van der Waals surface area contributed by atoms with Crippen molar-refractivity contribution in [2.24, 2.45) is 17.8 Å². The van der Waals surface area contributed by atoms with Gasteiger partial charge >= 0.3 is 0 Å². The average Bonchev–Trinajstić information content (AvgIpc) is 3.23. The maximum Gasteiger partial charge on any atom is 0.00683 e. The lowest BCUT2D eigenvalue weighted by atomic mass is 9.71. The standard InChI is InChI=1S/C19H31NS/c1-3-14-5-6-15(13-20-17-7-8-17)16(11-14)12-19-10-9-18(4-2)21-19/h9-10,14-17,20H,3-8,11-13H2,1-2H3. The molecule has 3 rings (SSSR count). The van der Waals surface area contributed by atoms with Gasteiger partial charge in [-0.15, -0.1) is 11.3 Å². The molecule has 2 heteroatoms. The largest absolute Gasteiger partial charge is 0.314 e. The quantitative estimate of drug-likeness (QED) is 0.743. The molecule has 1 nitrogen and oxygen atoms in total. The molecule has 1 aromatic heterocycles. The van der Waals surface area contributed by atoms with E-state index in [0.717, 1.165) is 23.8 Å². The van der Waals surface area contributed by atoms with Crippen LogP contribution in [0.4, 0.5) is 0 Å². The van der Waals surface area contributed by atoms with E-state index in [0.29, 0.717) is 0 Å². The maximum atomic E-state index is 3.79. The van der Waals surface area contributed by atoms with Crippen LogP contribution in [-0.4, -0.2) is 12.6 Å². The van der Waals surface area contributed by atoms with Gasteiger partial charge in [-0.2, -0.15) is 0 Å². The first-order valence-corrected chi connectivity index (χ1v) is 9.91. The van der Waals surface area contributed by atoms with Gasteiger partial charge in [0.2, 0.25) is 0 Å². The topological polar surface area (TPSA) is 12.0 Å². The number of hydrogen-bond donors (Lipinski definition) is 1. The Labute approximate surface area is 134 Å². The molecule has 1 N–H and O–H groups in total. The lowest BCUT2D eigenvalue weighted by molar-refractivity contribution is 0.171. The van der Waals surface area contributed by atoms with Gasteiger partial charge < -0.3 is 5.32 Å². The third-order valence-electron chi connectivity index (χ3n) is 5.60. The zero-order valence-corrected chi connectivity index (χ0v) is 14.6. The molecule has 0 bridgehead atoms. The van der Waals surface area contributed by atoms with Crippen LogP contribution in [0.25, 0.3) is 0 Å². The third kappa shape index (κ3) is 4.32. The van der Waals surface area contributed by atoms with E-state index in [1.54, 1.807) is 9.75 Å². The molecule has 0 aromatic carbocycles. The predicted molar refractivity (Wildman–Crippen MR) is 93.0 cm³/mol. The molecule has 2 saturated carbocycles. The summed E-state index contributed by atoms with van der Waals surface area (Å²) in [5.41, 5.74) is 0. The van der Waals surface area contributed by atoms with Gasteiger partial charge in [-0.3, -0.25) is 0 Å². The second-order valence-corrected chi connectivity index (χ2v) is 8.47. The van der Waals surface area contributed by atoms with Crippen molar-refractivity contribution in [2.45, 2.75) is 71.3 Å². The van der Waals surface area contributed by atoms with Gasteiger partial charge in [0.15, 0.2) is 0 Å². The Morgan fingerprint density at radius 1 is 1.05 bits per heavy atom. The van der Waals surface area contributed by atoms with Gasteiger partial charge in [0.1, 0.15) is 0 Å². The number of aryl methyl sites for hydroxylation is 1. The van der Waals surface area contributed by atoms with E-state index in [4.69, 9.17) is 0 Å². The molecule has 2 aliphatic rings. The minimum absolute atomic E-state index is 0.864. The fourth-order valence-corrected chi connectivity index (χ4v) is 4.95. The highest BCUT2D eigenvalue weighted by molar-refractivity contribution is 7.11. The van der Waals surface area contributed by atoms with Gasteiger partial charge in [-0.25, -0.2) is 0 Å². The van der Waals surface area contributed by atoms with Crippen LogP contribution in [0.1, 0.15) is 62.1 Å². The second-order valence-electron chi connectivity index (χ2n) is 7.22. The summed E-state index contributed by atoms with van der Waals surface area (Å²) in [6.07, 6.45) is 11.1. The predicted octanol–water partition coefficient (Wildman–Crippen LogP) is 5.05. The molecule has 21 heavy (non-hydrogen) atoms. The lowest BCUT2D eigenvalue weighted by Gasteiger charge is -2.36. The van der Waals surface area contributed by atoms with E-state index in [2.05, 4.69) is 42.6 Å². The lowest BCUT2D eigenvalue weighted by Crippen LogP contribution is -2.34. The van der Waals surface area contributed by atoms with E-state index in [9.17, 15) is 0 Å². The Morgan fingerprint density at radius 3 is 2.52 bits per heavy atom. The molecule has 2 fully saturated rings. The molecule has 0 amide bonds. The maximum absolute atomic E-state index is 3.79. The van der Waals surface area contributed by atoms with Gasteiger partial charge in [-0.1, -0.05) is 26.7 Å². The van der Waals surface area contributed by atoms with E-state index in [1.165, 1.54) is 57.9 Å². The summed E-state index contributed by atoms with van der Waals surface area (Å²) in [4.78, 5) is 3.19. The van der Waals surface area contributed by atoms with Crippen LogP contribution in [0.3, 0.4) is 0 Å². The van der Waals surface area contributed by atoms with Crippen LogP contribution in [0, 0.1) is 17.8 Å². The van der Waals surface area contributed by atoms with Gasteiger partial charge in [0.25, 0.3) is 0 Å². The molecule has 0 spiro atoms. The molecule has 0 radical (unpaired) electrons. The van der Waals surface area contributed by atoms with Crippen LogP contribution < -0.4 is 5.32 Å². The zero-order valence-electron chi connectivity index (χ0n) is 13.7. The molecule has 0 aliphatic heterocycles. The van der Waals surface area contributed by atoms with Gasteiger partial charge in [0.05, 0.1) is 0 Å². The molecule has 118 valence electrons. The summed E-state index contributed by atoms with van der Waals surface area (Å²) in [6, 6.07) is 5.60. The molecular formula is C19H31NS. The first-order chi connectivity index (χ1) is 10.3. The zero-order chi connectivity index (χ0) is 14.7. The summed E-state index contributed by atoms with van der Waals surface area (Å²) >= 11 is 2.05. The van der Waals surface area contributed by atoms with Crippen molar-refractivity contribution in [1.29, 1.82) is 0 Å². The number of hydrogen-bond acceptors (Lipinski definition) is 2. The first kappa shape index (κ1) is 15.6. The van der Waals surface area contributed by atoms with Crippen LogP contribution in [0.5, 0.6) is 0 Å². The van der Waals surface area contributed by atoms with Crippen molar-refractivity contribution in [3.8, 4) is 0 Å². The van der Waals surface area contributed by atoms with E-state index < -0.39 is 0 Å². The SMILES string of the molecule is CCc1ccc(CC2CC(CC)CCC2CNC2CC2)s1. The summed E-state index contributed by atoms with van der Waals surface area (Å²) in [5.74, 6) is 2.82. The molecule has 2 aliphatic carbocycles. The highest BCUT2D eigenvalue weighted by Gasteiger charge is 2.31. The summed E-state index contributed by atoms with van der Waals surface area (Å²) in [5, 5.41) is 3.79. The van der Waals surface area contributed by atoms with E-state index >= 15 is 0 Å². The first-order valence-electron chi connectivity index (χ1n) is 9.09. The normalized spacial score (nSPS) is 29.7. The molecule has 0 saturated heterocycles. The monoisotopic (exact) mass is 305 g/mol. The summed E-state index contributed by atoms with van der Waals surface area (Å²) in [6.45, 7) is 5.92. The number of rotatable bonds is 7. The summed E-state index contributed by atoms with van der Waals surface area (Å²) < 4.78 is 0. The molecule has 1 heterocycles. The highest BCUT2D eigenvalue weighted by Crippen LogP contribution is 2.38. The van der Waals surface area contributed by atoms with Gasteiger partial charge in [-0.05, 0) is 75.0 Å². The summed E-state index contributed by atoms with van der Waals surface area (Å²) in [7, 11) is 0. The minimum atomic E-state index is 0.864. The van der Waals surface area contributed by atoms with Crippen molar-refractivity contribution in [3.05, 3.63) is 21.9 Å². The van der Waals surface area contributed by atoms with Crippen LogP contribution >= 0.6 is 11.3 Å². The third-order valence-corrected chi connectivity index (χ3v) is 6.85. The Morgan fingerprint density at radius 2 is 1.86 bits per heavy atom. The minimum Gasteiger partial charge on any atom is -0.314 e. The average molecular weight is 306 g/mol. The van der Waals surface area contributed by atoms with Crippen LogP contribution in [0.2, 0.25) is 0 Å². The van der Waals surface area contributed by atoms with Gasteiger partial charge in [0, 0.05) is 15.8 Å². The smallest absolute Gasteiger partial charge is 0.00683 e. The molecule has 3 unspecified atom stereocenters. The second kappa shape index (κ2) is 7.28. The number of thiophene rings is 1. The van der Waals surface area contributed by atoms with Crippen LogP contribution in [0.15, 0.2) is 12.1 Å². The Hall–Kier alpha value is -0.340. The number of nitrogens with one attached hydrogen (secondary N) is 1.